The molecule has 0 fully saturated rings. The van der Waals surface area contributed by atoms with Crippen molar-refractivity contribution in [3.63, 3.8) is 0 Å². The van der Waals surface area contributed by atoms with E-state index in [0.717, 1.165) is 15.6 Å². The normalized spacial score (nSPS) is 10.7. The Balaban J connectivity index is 2.08. The number of ether oxygens (including phenoxy) is 2. The van der Waals surface area contributed by atoms with Crippen LogP contribution < -0.4 is 9.47 Å². The van der Waals surface area contributed by atoms with Gasteiger partial charge in [0.2, 0.25) is 0 Å². The van der Waals surface area contributed by atoms with Gasteiger partial charge in [-0.2, -0.15) is 5.10 Å². The first-order chi connectivity index (χ1) is 10.6. The monoisotopic (exact) mass is 362 g/mol. The van der Waals surface area contributed by atoms with Gasteiger partial charge in [0.05, 0.1) is 13.3 Å². The molecule has 0 bridgehead atoms. The van der Waals surface area contributed by atoms with Gasteiger partial charge in [0.25, 0.3) is 0 Å². The number of methoxy groups -OCH3 is 1. The summed E-state index contributed by atoms with van der Waals surface area (Å²) in [5, 5.41) is 5.95. The van der Waals surface area contributed by atoms with Crippen molar-refractivity contribution >= 4 is 22.1 Å². The topological polar surface area (TPSA) is 34.1 Å². The predicted octanol–water partition coefficient (Wildman–Crippen LogP) is 3.93. The lowest BCUT2D eigenvalue weighted by Gasteiger charge is -2.11. The Kier molecular flexibility index (Phi) is 5.83. The maximum absolute atomic E-state index is 5.84. The summed E-state index contributed by atoms with van der Waals surface area (Å²) in [6.07, 6.45) is 1.78. The van der Waals surface area contributed by atoms with E-state index < -0.39 is 0 Å². The molecular formula is C17H19BrN2O2. The van der Waals surface area contributed by atoms with Crippen LogP contribution in [0.15, 0.2) is 52.0 Å². The Morgan fingerprint density at radius 1 is 1.09 bits per heavy atom. The van der Waals surface area contributed by atoms with E-state index in [1.165, 1.54) is 0 Å². The maximum Gasteiger partial charge on any atom is 0.161 e. The van der Waals surface area contributed by atoms with E-state index in [1.54, 1.807) is 18.3 Å². The average Bonchev–Trinajstić information content (AvgIpc) is 2.52. The third-order valence-corrected chi connectivity index (χ3v) is 3.46. The quantitative estimate of drug-likeness (QED) is 0.576. The molecule has 0 saturated carbocycles. The molecule has 0 aliphatic carbocycles. The Hall–Kier alpha value is -2.01. The van der Waals surface area contributed by atoms with Crippen LogP contribution in [0.4, 0.5) is 0 Å². The van der Waals surface area contributed by atoms with Crippen molar-refractivity contribution in [3.05, 3.63) is 58.1 Å². The van der Waals surface area contributed by atoms with Crippen LogP contribution in [0.1, 0.15) is 11.1 Å². The van der Waals surface area contributed by atoms with Gasteiger partial charge >= 0.3 is 0 Å². The predicted molar refractivity (Wildman–Crippen MR) is 92.7 cm³/mol. The molecule has 0 saturated heterocycles. The molecule has 0 heterocycles. The fraction of sp³-hybridized carbons (Fsp3) is 0.235. The standard InChI is InChI=1S/C17H19BrN2O2/c1-20(2)19-11-14-6-9-16(17(10-14)21-3)22-12-13-4-7-15(18)8-5-13/h4-11H,12H2,1-3H3/b19-11+. The number of hydrazone groups is 1. The van der Waals surface area contributed by atoms with Crippen molar-refractivity contribution < 1.29 is 9.47 Å². The molecule has 0 aromatic heterocycles. The molecule has 22 heavy (non-hydrogen) atoms. The minimum atomic E-state index is 0.495. The molecule has 2 rings (SSSR count). The van der Waals surface area contributed by atoms with Crippen molar-refractivity contribution in [2.24, 2.45) is 5.10 Å². The first-order valence-corrected chi connectivity index (χ1v) is 7.64. The van der Waals surface area contributed by atoms with E-state index >= 15 is 0 Å². The van der Waals surface area contributed by atoms with Crippen LogP contribution in [-0.2, 0) is 6.61 Å². The second-order valence-corrected chi connectivity index (χ2v) is 5.83. The van der Waals surface area contributed by atoms with Gasteiger partial charge in [0.15, 0.2) is 11.5 Å². The minimum Gasteiger partial charge on any atom is -0.493 e. The summed E-state index contributed by atoms with van der Waals surface area (Å²) in [6.45, 7) is 0.495. The smallest absolute Gasteiger partial charge is 0.161 e. The van der Waals surface area contributed by atoms with Gasteiger partial charge in [-0.1, -0.05) is 28.1 Å². The van der Waals surface area contributed by atoms with E-state index in [-0.39, 0.29) is 0 Å². The van der Waals surface area contributed by atoms with Crippen molar-refractivity contribution in [3.8, 4) is 11.5 Å². The summed E-state index contributed by atoms with van der Waals surface area (Å²) in [4.78, 5) is 0. The summed E-state index contributed by atoms with van der Waals surface area (Å²) < 4.78 is 12.3. The number of rotatable bonds is 6. The molecule has 0 atom stereocenters. The summed E-state index contributed by atoms with van der Waals surface area (Å²) in [7, 11) is 5.39. The second-order valence-electron chi connectivity index (χ2n) is 4.92. The number of halogens is 1. The summed E-state index contributed by atoms with van der Waals surface area (Å²) in [6, 6.07) is 13.8. The van der Waals surface area contributed by atoms with E-state index in [1.807, 2.05) is 56.6 Å². The Bertz CT molecular complexity index is 640. The third-order valence-electron chi connectivity index (χ3n) is 2.93. The molecule has 0 amide bonds. The fourth-order valence-electron chi connectivity index (χ4n) is 1.81. The van der Waals surface area contributed by atoms with Crippen LogP contribution in [0.25, 0.3) is 0 Å². The Morgan fingerprint density at radius 3 is 2.45 bits per heavy atom. The largest absolute Gasteiger partial charge is 0.493 e. The van der Waals surface area contributed by atoms with Crippen LogP contribution in [-0.4, -0.2) is 32.4 Å². The summed E-state index contributed by atoms with van der Waals surface area (Å²) in [5.74, 6) is 1.41. The van der Waals surface area contributed by atoms with Gasteiger partial charge in [0, 0.05) is 18.6 Å². The molecule has 0 spiro atoms. The number of benzene rings is 2. The molecule has 4 nitrogen and oxygen atoms in total. The van der Waals surface area contributed by atoms with Crippen molar-refractivity contribution in [2.45, 2.75) is 6.61 Å². The van der Waals surface area contributed by atoms with E-state index in [9.17, 15) is 0 Å². The fourth-order valence-corrected chi connectivity index (χ4v) is 2.07. The molecule has 2 aromatic rings. The zero-order valence-corrected chi connectivity index (χ0v) is 14.5. The molecule has 2 aromatic carbocycles. The van der Waals surface area contributed by atoms with Crippen LogP contribution in [0.3, 0.4) is 0 Å². The van der Waals surface area contributed by atoms with E-state index in [4.69, 9.17) is 9.47 Å². The van der Waals surface area contributed by atoms with Crippen LogP contribution in [0.5, 0.6) is 11.5 Å². The zero-order valence-electron chi connectivity index (χ0n) is 12.9. The molecule has 0 radical (unpaired) electrons. The van der Waals surface area contributed by atoms with Crippen molar-refractivity contribution in [1.82, 2.24) is 5.01 Å². The number of hydrogen-bond acceptors (Lipinski definition) is 4. The van der Waals surface area contributed by atoms with Gasteiger partial charge in [-0.25, -0.2) is 0 Å². The van der Waals surface area contributed by atoms with E-state index in [2.05, 4.69) is 21.0 Å². The number of nitrogens with zero attached hydrogens (tertiary/aromatic N) is 2. The van der Waals surface area contributed by atoms with Gasteiger partial charge in [-0.05, 0) is 41.5 Å². The highest BCUT2D eigenvalue weighted by Gasteiger charge is 2.05. The Labute approximate surface area is 139 Å². The minimum absolute atomic E-state index is 0.495. The molecule has 0 N–H and O–H groups in total. The lowest BCUT2D eigenvalue weighted by atomic mass is 10.2. The average molecular weight is 363 g/mol. The SMILES string of the molecule is COc1cc(/C=N/N(C)C)ccc1OCc1ccc(Br)cc1. The Morgan fingerprint density at radius 2 is 1.82 bits per heavy atom. The third kappa shape index (κ3) is 4.77. The lowest BCUT2D eigenvalue weighted by Crippen LogP contribution is -2.02. The summed E-state index contributed by atoms with van der Waals surface area (Å²) >= 11 is 3.42. The van der Waals surface area contributed by atoms with Gasteiger partial charge < -0.3 is 14.5 Å². The van der Waals surface area contributed by atoms with Crippen molar-refractivity contribution in [2.75, 3.05) is 21.2 Å². The maximum atomic E-state index is 5.84. The van der Waals surface area contributed by atoms with Crippen molar-refractivity contribution in [1.29, 1.82) is 0 Å². The van der Waals surface area contributed by atoms with Gasteiger partial charge in [-0.15, -0.1) is 0 Å². The lowest BCUT2D eigenvalue weighted by molar-refractivity contribution is 0.284. The highest BCUT2D eigenvalue weighted by atomic mass is 79.9. The first kappa shape index (κ1) is 16.4. The molecule has 116 valence electrons. The van der Waals surface area contributed by atoms with Crippen LogP contribution in [0.2, 0.25) is 0 Å². The number of hydrogen-bond donors (Lipinski definition) is 0. The summed E-state index contributed by atoms with van der Waals surface area (Å²) in [5.41, 5.74) is 2.06. The first-order valence-electron chi connectivity index (χ1n) is 6.85. The van der Waals surface area contributed by atoms with Gasteiger partial charge in [0.1, 0.15) is 6.61 Å². The molecule has 5 heteroatoms. The van der Waals surface area contributed by atoms with E-state index in [0.29, 0.717) is 18.1 Å². The highest BCUT2D eigenvalue weighted by molar-refractivity contribution is 9.10. The zero-order chi connectivity index (χ0) is 15.9. The molecular weight excluding hydrogens is 344 g/mol. The molecule has 0 unspecified atom stereocenters. The highest BCUT2D eigenvalue weighted by Crippen LogP contribution is 2.28. The van der Waals surface area contributed by atoms with Crippen LogP contribution in [0, 0.1) is 0 Å². The van der Waals surface area contributed by atoms with Crippen LogP contribution >= 0.6 is 15.9 Å². The molecule has 0 aliphatic heterocycles. The molecule has 0 aliphatic rings. The second kappa shape index (κ2) is 7.84. The van der Waals surface area contributed by atoms with Gasteiger partial charge in [-0.3, -0.25) is 0 Å².